The van der Waals surface area contributed by atoms with Crippen molar-refractivity contribution in [1.82, 2.24) is 0 Å². The van der Waals surface area contributed by atoms with Gasteiger partial charge in [0, 0.05) is 45.2 Å². The van der Waals surface area contributed by atoms with Gasteiger partial charge in [0.05, 0.1) is 27.4 Å². The molecule has 1 fully saturated rings. The van der Waals surface area contributed by atoms with Crippen LogP contribution in [-0.2, 0) is 16.2 Å². The SMILES string of the molecule is Cc1cc2c3c(c1)C1(C)CCCCC1(C)N3c1cc(N(c3ccc([Si](C)(C)C)cc3)c3ccc([Si](C)(C)C)cc3)cc3c1B2c1ccc(C(C)(C)C)cc1N3c1cccc(C(C)(C)C)c1. The second-order valence-electron chi connectivity index (χ2n) is 24.8. The molecule has 2 atom stereocenters. The quantitative estimate of drug-likeness (QED) is 0.154. The molecule has 1 saturated carbocycles. The summed E-state index contributed by atoms with van der Waals surface area (Å²) < 4.78 is 0. The molecule has 334 valence electrons. The van der Waals surface area contributed by atoms with Crippen LogP contribution in [-0.4, -0.2) is 28.4 Å². The van der Waals surface area contributed by atoms with Crippen LogP contribution >= 0.6 is 0 Å². The minimum Gasteiger partial charge on any atom is -0.335 e. The summed E-state index contributed by atoms with van der Waals surface area (Å²) in [6.07, 6.45) is 4.90. The summed E-state index contributed by atoms with van der Waals surface area (Å²) >= 11 is 0. The predicted molar refractivity (Wildman–Crippen MR) is 291 cm³/mol. The third-order valence-electron chi connectivity index (χ3n) is 16.2. The second-order valence-corrected chi connectivity index (χ2v) is 35.0. The van der Waals surface area contributed by atoms with Gasteiger partial charge in [-0.05, 0) is 125 Å². The van der Waals surface area contributed by atoms with E-state index < -0.39 is 16.1 Å². The van der Waals surface area contributed by atoms with Crippen molar-refractivity contribution >= 4 is 95.1 Å². The molecule has 1 aliphatic carbocycles. The summed E-state index contributed by atoms with van der Waals surface area (Å²) in [6.45, 7) is 36.5. The Morgan fingerprint density at radius 1 is 0.569 bits per heavy atom. The number of hydrogen-bond acceptors (Lipinski definition) is 3. The van der Waals surface area contributed by atoms with Gasteiger partial charge >= 0.3 is 0 Å². The number of aryl methyl sites for hydroxylation is 1. The van der Waals surface area contributed by atoms with E-state index in [9.17, 15) is 0 Å². The highest BCUT2D eigenvalue weighted by molar-refractivity contribution is 7.00. The highest BCUT2D eigenvalue weighted by Crippen LogP contribution is 2.62. The lowest BCUT2D eigenvalue weighted by Gasteiger charge is -2.53. The Balaban J connectivity index is 1.34. The van der Waals surface area contributed by atoms with Gasteiger partial charge in [0.25, 0.3) is 6.71 Å². The van der Waals surface area contributed by atoms with Gasteiger partial charge in [0.2, 0.25) is 0 Å². The maximum atomic E-state index is 2.90. The Morgan fingerprint density at radius 3 is 1.72 bits per heavy atom. The van der Waals surface area contributed by atoms with E-state index in [1.54, 1.807) is 5.56 Å². The fraction of sp³-hybridized carbons (Fsp3) is 0.390. The summed E-state index contributed by atoms with van der Waals surface area (Å²) in [5.41, 5.74) is 20.1. The number of rotatable bonds is 6. The van der Waals surface area contributed by atoms with Crippen LogP contribution in [0.3, 0.4) is 0 Å². The van der Waals surface area contributed by atoms with Crippen LogP contribution in [0.15, 0.2) is 115 Å². The van der Waals surface area contributed by atoms with Crippen molar-refractivity contribution in [3.63, 3.8) is 0 Å². The van der Waals surface area contributed by atoms with E-state index in [1.165, 1.54) is 115 Å². The molecule has 3 aliphatic heterocycles. The molecule has 4 aliphatic rings. The van der Waals surface area contributed by atoms with E-state index in [0.29, 0.717) is 0 Å². The Hall–Kier alpha value is -4.78. The topological polar surface area (TPSA) is 9.72 Å². The molecule has 0 radical (unpaired) electrons. The largest absolute Gasteiger partial charge is 0.335 e. The van der Waals surface area contributed by atoms with Crippen molar-refractivity contribution in [2.24, 2.45) is 0 Å². The monoisotopic (exact) mass is 890 g/mol. The number of fused-ring (bicyclic) bond motifs is 7. The highest BCUT2D eigenvalue weighted by atomic mass is 28.3. The molecule has 0 saturated heterocycles. The van der Waals surface area contributed by atoms with E-state index in [1.807, 2.05) is 0 Å². The van der Waals surface area contributed by atoms with Gasteiger partial charge in [0.1, 0.15) is 0 Å². The minimum atomic E-state index is -1.53. The van der Waals surface area contributed by atoms with Gasteiger partial charge in [-0.3, -0.25) is 0 Å². The number of nitrogens with zero attached hydrogens (tertiary/aromatic N) is 3. The lowest BCUT2D eigenvalue weighted by atomic mass is 9.33. The zero-order valence-electron chi connectivity index (χ0n) is 42.2. The van der Waals surface area contributed by atoms with Crippen LogP contribution in [0.5, 0.6) is 0 Å². The summed E-state index contributed by atoms with van der Waals surface area (Å²) in [5.74, 6) is 0. The van der Waals surface area contributed by atoms with Crippen LogP contribution in [0, 0.1) is 6.92 Å². The standard InChI is InChI=1S/C59H72BN3Si2/c1-39-33-48-55-50(34-39)60-49-30-21-41(57(5,6)7)36-51(49)62(44-20-18-19-40(35-44)56(2,3)4)52-37-45(38-53(54(52)60)63(55)59(9)32-17-16-31-58(48,59)8)61(42-22-26-46(27-23-42)64(10,11)12)43-24-28-47(29-25-43)65(13,14)15/h18-30,33-38H,16-17,31-32H2,1-15H3. The van der Waals surface area contributed by atoms with Crippen molar-refractivity contribution in [2.75, 3.05) is 14.7 Å². The van der Waals surface area contributed by atoms with Crippen LogP contribution < -0.4 is 41.5 Å². The molecule has 0 spiro atoms. The van der Waals surface area contributed by atoms with Gasteiger partial charge in [-0.15, -0.1) is 0 Å². The van der Waals surface area contributed by atoms with E-state index in [2.05, 4.69) is 232 Å². The second kappa shape index (κ2) is 14.6. The molecule has 6 aromatic carbocycles. The normalized spacial score (nSPS) is 20.0. The molecule has 6 aromatic rings. The predicted octanol–water partition coefficient (Wildman–Crippen LogP) is 13.5. The third-order valence-corrected chi connectivity index (χ3v) is 20.4. The summed E-state index contributed by atoms with van der Waals surface area (Å²) in [4.78, 5) is 8.14. The van der Waals surface area contributed by atoms with Crippen molar-refractivity contribution in [2.45, 2.75) is 149 Å². The number of anilines is 8. The maximum Gasteiger partial charge on any atom is 0.252 e. The van der Waals surface area contributed by atoms with Crippen LogP contribution in [0.1, 0.15) is 103 Å². The fourth-order valence-electron chi connectivity index (χ4n) is 12.1. The molecule has 65 heavy (non-hydrogen) atoms. The van der Waals surface area contributed by atoms with Gasteiger partial charge in [0.15, 0.2) is 0 Å². The lowest BCUT2D eigenvalue weighted by Crippen LogP contribution is -2.64. The smallest absolute Gasteiger partial charge is 0.252 e. The first-order chi connectivity index (χ1) is 30.4. The Bertz CT molecular complexity index is 2810. The first kappa shape index (κ1) is 44.1. The average molecular weight is 890 g/mol. The summed E-state index contributed by atoms with van der Waals surface area (Å²) in [6, 6.07) is 46.5. The molecular formula is C59H72BN3Si2. The summed E-state index contributed by atoms with van der Waals surface area (Å²) in [7, 11) is -3.07. The molecule has 2 unspecified atom stereocenters. The van der Waals surface area contributed by atoms with Gasteiger partial charge in [-0.25, -0.2) is 0 Å². The molecule has 0 amide bonds. The van der Waals surface area contributed by atoms with Crippen molar-refractivity contribution in [1.29, 1.82) is 0 Å². The first-order valence-corrected chi connectivity index (χ1v) is 31.6. The average Bonchev–Trinajstić information content (AvgIpc) is 3.44. The minimum absolute atomic E-state index is 0.00487. The Labute approximate surface area is 394 Å². The van der Waals surface area contributed by atoms with E-state index in [0.717, 1.165) is 0 Å². The molecule has 0 bridgehead atoms. The Kier molecular flexibility index (Phi) is 9.91. The Morgan fingerprint density at radius 2 is 1.14 bits per heavy atom. The zero-order valence-corrected chi connectivity index (χ0v) is 44.2. The molecule has 0 N–H and O–H groups in total. The molecule has 3 heterocycles. The van der Waals surface area contributed by atoms with Crippen LogP contribution in [0.2, 0.25) is 39.3 Å². The zero-order chi connectivity index (χ0) is 46.4. The number of hydrogen-bond donors (Lipinski definition) is 0. The molecule has 10 rings (SSSR count). The van der Waals surface area contributed by atoms with Crippen molar-refractivity contribution < 1.29 is 0 Å². The maximum absolute atomic E-state index is 2.90. The first-order valence-electron chi connectivity index (χ1n) is 24.6. The van der Waals surface area contributed by atoms with Crippen LogP contribution in [0.25, 0.3) is 0 Å². The number of benzene rings is 6. The van der Waals surface area contributed by atoms with E-state index >= 15 is 0 Å². The van der Waals surface area contributed by atoms with Gasteiger partial charge < -0.3 is 14.7 Å². The van der Waals surface area contributed by atoms with Crippen molar-refractivity contribution in [3.05, 3.63) is 138 Å². The van der Waals surface area contributed by atoms with Crippen molar-refractivity contribution in [3.8, 4) is 0 Å². The molecular weight excluding hydrogens is 818 g/mol. The summed E-state index contributed by atoms with van der Waals surface area (Å²) in [5, 5.41) is 2.96. The lowest BCUT2D eigenvalue weighted by molar-refractivity contribution is 0.195. The van der Waals surface area contributed by atoms with Gasteiger partial charge in [-0.2, -0.15) is 0 Å². The fourth-order valence-corrected chi connectivity index (χ4v) is 14.5. The van der Waals surface area contributed by atoms with E-state index in [4.69, 9.17) is 0 Å². The molecule has 0 aromatic heterocycles. The molecule has 3 nitrogen and oxygen atoms in total. The van der Waals surface area contributed by atoms with Gasteiger partial charge in [-0.1, -0.05) is 177 Å². The molecule has 6 heteroatoms. The van der Waals surface area contributed by atoms with Crippen LogP contribution in [0.4, 0.5) is 45.5 Å². The third kappa shape index (κ3) is 6.85. The van der Waals surface area contributed by atoms with E-state index in [-0.39, 0.29) is 28.5 Å². The highest BCUT2D eigenvalue weighted by Gasteiger charge is 2.61.